The minimum absolute atomic E-state index is 0.0359. The molecule has 1 N–H and O–H groups in total. The van der Waals surface area contributed by atoms with Crippen LogP contribution in [0.5, 0.6) is 17.2 Å². The number of carboxylic acid groups (broad SMARTS) is 1. The summed E-state index contributed by atoms with van der Waals surface area (Å²) in [5.74, 6) is -0.554. The summed E-state index contributed by atoms with van der Waals surface area (Å²) in [4.78, 5) is 40.7. The third-order valence-electron chi connectivity index (χ3n) is 6.41. The van der Waals surface area contributed by atoms with Gasteiger partial charge in [-0.3, -0.25) is 14.9 Å². The largest absolute Gasteiger partial charge is 0.496 e. The Morgan fingerprint density at radius 3 is 2.55 bits per heavy atom. The molecule has 0 saturated carbocycles. The number of carbonyl (C=O) groups is 1. The van der Waals surface area contributed by atoms with Crippen molar-refractivity contribution in [3.63, 3.8) is 0 Å². The van der Waals surface area contributed by atoms with Gasteiger partial charge >= 0.3 is 11.7 Å². The zero-order valence-corrected chi connectivity index (χ0v) is 23.8. The molecular formula is C30H30N4O8. The van der Waals surface area contributed by atoms with Gasteiger partial charge in [0.15, 0.2) is 18.2 Å². The van der Waals surface area contributed by atoms with E-state index in [1.165, 1.54) is 12.3 Å². The van der Waals surface area contributed by atoms with Crippen LogP contribution in [0.3, 0.4) is 0 Å². The maximum atomic E-state index is 13.7. The molecule has 0 bridgehead atoms. The molecule has 218 valence electrons. The summed E-state index contributed by atoms with van der Waals surface area (Å²) in [5, 5.41) is 25.7. The fourth-order valence-electron chi connectivity index (χ4n) is 4.46. The van der Waals surface area contributed by atoms with Crippen molar-refractivity contribution in [1.82, 2.24) is 9.66 Å². The highest BCUT2D eigenvalue weighted by Crippen LogP contribution is 2.38. The van der Waals surface area contributed by atoms with Crippen molar-refractivity contribution in [2.45, 2.75) is 33.6 Å². The van der Waals surface area contributed by atoms with Crippen molar-refractivity contribution >= 4 is 28.8 Å². The number of fused-ring (bicyclic) bond motifs is 1. The molecule has 0 aliphatic carbocycles. The summed E-state index contributed by atoms with van der Waals surface area (Å²) >= 11 is 0. The first-order valence-electron chi connectivity index (χ1n) is 13.1. The molecule has 0 radical (unpaired) electrons. The molecule has 12 heteroatoms. The average Bonchev–Trinajstić information content (AvgIpc) is 2.95. The van der Waals surface area contributed by atoms with Crippen LogP contribution < -0.4 is 19.8 Å². The minimum atomic E-state index is -1.30. The average molecular weight is 575 g/mol. The van der Waals surface area contributed by atoms with Gasteiger partial charge in [0.1, 0.15) is 5.75 Å². The van der Waals surface area contributed by atoms with E-state index < -0.39 is 28.7 Å². The number of aryl methyl sites for hydroxylation is 1. The first-order valence-corrected chi connectivity index (χ1v) is 13.1. The highest BCUT2D eigenvalue weighted by molar-refractivity contribution is 5.85. The summed E-state index contributed by atoms with van der Waals surface area (Å²) in [7, 11) is 1.60. The van der Waals surface area contributed by atoms with Crippen molar-refractivity contribution in [2.75, 3.05) is 20.3 Å². The molecule has 0 fully saturated rings. The summed E-state index contributed by atoms with van der Waals surface area (Å²) < 4.78 is 17.4. The maximum absolute atomic E-state index is 13.7. The van der Waals surface area contributed by atoms with E-state index in [2.05, 4.69) is 5.10 Å². The topological polar surface area (TPSA) is 155 Å². The number of hydrogen-bond donors (Lipinski definition) is 1. The number of aromatic nitrogens is 2. The quantitative estimate of drug-likeness (QED) is 0.145. The van der Waals surface area contributed by atoms with Gasteiger partial charge in [-0.05, 0) is 61.2 Å². The van der Waals surface area contributed by atoms with E-state index in [4.69, 9.17) is 24.3 Å². The second-order valence-electron chi connectivity index (χ2n) is 9.62. The van der Waals surface area contributed by atoms with Crippen LogP contribution >= 0.6 is 0 Å². The first-order chi connectivity index (χ1) is 20.0. The summed E-state index contributed by atoms with van der Waals surface area (Å²) in [6.07, 6.45) is 1.28. The molecule has 0 aliphatic heterocycles. The number of carboxylic acids is 1. The standard InChI is InChI=1S/C30H30N4O8/c1-6-41-26-13-19(12-24(34(38)39)28(26)42-16-27(35)36)15-31-33-29(32-23-10-8-7-9-20(23)30(33)37)22-14-21(17(2)3)25(40-5)11-18(22)4/h7-15,17H,6,16H2,1-5H3,(H,35,36). The van der Waals surface area contributed by atoms with Crippen molar-refractivity contribution in [3.05, 3.63) is 85.7 Å². The second-order valence-corrected chi connectivity index (χ2v) is 9.62. The Labute approximate surface area is 241 Å². The van der Waals surface area contributed by atoms with E-state index in [0.29, 0.717) is 22.2 Å². The Morgan fingerprint density at radius 2 is 1.90 bits per heavy atom. The highest BCUT2D eigenvalue weighted by atomic mass is 16.6. The van der Waals surface area contributed by atoms with Crippen molar-refractivity contribution in [2.24, 2.45) is 5.10 Å². The van der Waals surface area contributed by atoms with Gasteiger partial charge in [0.2, 0.25) is 5.75 Å². The van der Waals surface area contributed by atoms with Gasteiger partial charge in [0, 0.05) is 17.2 Å². The predicted octanol–water partition coefficient (Wildman–Crippen LogP) is 5.16. The Morgan fingerprint density at radius 1 is 1.17 bits per heavy atom. The Hall–Kier alpha value is -5.26. The molecule has 0 atom stereocenters. The van der Waals surface area contributed by atoms with Crippen LogP contribution in [0.25, 0.3) is 22.3 Å². The van der Waals surface area contributed by atoms with E-state index in [0.717, 1.165) is 21.9 Å². The van der Waals surface area contributed by atoms with Crippen LogP contribution in [-0.2, 0) is 4.79 Å². The summed E-state index contributed by atoms with van der Waals surface area (Å²) in [6.45, 7) is 6.95. The summed E-state index contributed by atoms with van der Waals surface area (Å²) in [5.41, 5.74) is 2.14. The van der Waals surface area contributed by atoms with Crippen LogP contribution in [0.1, 0.15) is 43.4 Å². The lowest BCUT2D eigenvalue weighted by Crippen LogP contribution is -2.21. The van der Waals surface area contributed by atoms with E-state index >= 15 is 0 Å². The Bertz CT molecular complexity index is 1760. The van der Waals surface area contributed by atoms with Crippen LogP contribution in [0.4, 0.5) is 5.69 Å². The van der Waals surface area contributed by atoms with Crippen molar-refractivity contribution < 1.29 is 29.0 Å². The maximum Gasteiger partial charge on any atom is 0.341 e. The molecule has 12 nitrogen and oxygen atoms in total. The third-order valence-corrected chi connectivity index (χ3v) is 6.41. The van der Waals surface area contributed by atoms with Crippen LogP contribution in [-0.4, -0.2) is 52.2 Å². The molecule has 3 aromatic carbocycles. The van der Waals surface area contributed by atoms with Gasteiger partial charge in [-0.25, -0.2) is 9.78 Å². The normalized spacial score (nSPS) is 11.3. The van der Waals surface area contributed by atoms with E-state index in [9.17, 15) is 19.7 Å². The number of hydrogen-bond acceptors (Lipinski definition) is 9. The molecule has 0 spiro atoms. The molecule has 0 aliphatic rings. The fraction of sp³-hybridized carbons (Fsp3) is 0.267. The van der Waals surface area contributed by atoms with E-state index in [1.54, 1.807) is 38.3 Å². The smallest absolute Gasteiger partial charge is 0.341 e. The van der Waals surface area contributed by atoms with Gasteiger partial charge in [0.25, 0.3) is 5.56 Å². The molecule has 4 aromatic rings. The second kappa shape index (κ2) is 12.5. The fourth-order valence-corrected chi connectivity index (χ4v) is 4.46. The third kappa shape index (κ3) is 6.07. The molecule has 0 amide bonds. The molecule has 0 unspecified atom stereocenters. The van der Waals surface area contributed by atoms with Crippen molar-refractivity contribution in [1.29, 1.82) is 0 Å². The number of nitrogens with zero attached hydrogens (tertiary/aromatic N) is 4. The SMILES string of the molecule is CCOc1cc(C=Nn2c(-c3cc(C(C)C)c(OC)cc3C)nc3ccccc3c2=O)cc([N+](=O)[O-])c1OCC(=O)O. The van der Waals surface area contributed by atoms with Gasteiger partial charge in [0.05, 0.1) is 35.8 Å². The number of para-hydroxylation sites is 1. The van der Waals surface area contributed by atoms with E-state index in [-0.39, 0.29) is 35.4 Å². The number of methoxy groups -OCH3 is 1. The van der Waals surface area contributed by atoms with Gasteiger partial charge in [-0.1, -0.05) is 26.0 Å². The molecule has 1 aromatic heterocycles. The number of aliphatic carboxylic acids is 1. The number of ether oxygens (including phenoxy) is 3. The Kier molecular flexibility index (Phi) is 8.84. The van der Waals surface area contributed by atoms with Gasteiger partial charge in [-0.15, -0.1) is 0 Å². The number of nitro groups is 1. The first kappa shape index (κ1) is 29.7. The lowest BCUT2D eigenvalue weighted by molar-refractivity contribution is -0.385. The molecule has 1 heterocycles. The van der Waals surface area contributed by atoms with Gasteiger partial charge < -0.3 is 19.3 Å². The monoisotopic (exact) mass is 574 g/mol. The van der Waals surface area contributed by atoms with Crippen LogP contribution in [0.2, 0.25) is 0 Å². The number of nitro benzene ring substituents is 1. The Balaban J connectivity index is 1.95. The zero-order valence-electron chi connectivity index (χ0n) is 23.8. The highest BCUT2D eigenvalue weighted by Gasteiger charge is 2.24. The lowest BCUT2D eigenvalue weighted by Gasteiger charge is -2.17. The van der Waals surface area contributed by atoms with E-state index in [1.807, 2.05) is 32.9 Å². The molecule has 42 heavy (non-hydrogen) atoms. The number of benzene rings is 3. The van der Waals surface area contributed by atoms with Crippen LogP contribution in [0, 0.1) is 17.0 Å². The molecule has 0 saturated heterocycles. The summed E-state index contributed by atoms with van der Waals surface area (Å²) in [6, 6.07) is 13.3. The molecule has 4 rings (SSSR count). The minimum Gasteiger partial charge on any atom is -0.496 e. The molecular weight excluding hydrogens is 544 g/mol. The van der Waals surface area contributed by atoms with Crippen molar-refractivity contribution in [3.8, 4) is 28.6 Å². The lowest BCUT2D eigenvalue weighted by atomic mass is 9.96. The van der Waals surface area contributed by atoms with Crippen LogP contribution in [0.15, 0.2) is 58.4 Å². The predicted molar refractivity (Wildman–Crippen MR) is 157 cm³/mol. The number of rotatable bonds is 11. The van der Waals surface area contributed by atoms with Gasteiger partial charge in [-0.2, -0.15) is 9.78 Å². The zero-order chi connectivity index (χ0) is 30.6.